The third-order valence-electron chi connectivity index (χ3n) is 4.78. The number of hydrogen-bond acceptors (Lipinski definition) is 5. The maximum atomic E-state index is 13.7. The summed E-state index contributed by atoms with van der Waals surface area (Å²) in [6, 6.07) is 4.36. The van der Waals surface area contributed by atoms with E-state index in [2.05, 4.69) is 50.5 Å². The first-order chi connectivity index (χ1) is 15.5. The largest absolute Gasteiger partial charge is 0.454 e. The zero-order chi connectivity index (χ0) is 24.6. The lowest BCUT2D eigenvalue weighted by atomic mass is 10.0. The van der Waals surface area contributed by atoms with Crippen LogP contribution in [0.25, 0.3) is 0 Å². The van der Waals surface area contributed by atoms with Crippen molar-refractivity contribution >= 4 is 120 Å². The van der Waals surface area contributed by atoms with Gasteiger partial charge < -0.3 is 10.1 Å². The van der Waals surface area contributed by atoms with Crippen molar-refractivity contribution in [1.29, 1.82) is 0 Å². The summed E-state index contributed by atoms with van der Waals surface area (Å²) in [5.74, 6) is -3.88. The first-order valence-corrected chi connectivity index (χ1v) is 13.7. The fraction of sp³-hybridized carbons (Fsp3) is 0.238. The third kappa shape index (κ3) is 5.31. The predicted octanol–water partition coefficient (Wildman–Crippen LogP) is 5.05. The Morgan fingerprint density at radius 3 is 1.97 bits per heavy atom. The predicted molar refractivity (Wildman–Crippen MR) is 152 cm³/mol. The number of fused-ring (bicyclic) bond motifs is 1. The number of anilines is 1. The van der Waals surface area contributed by atoms with Gasteiger partial charge in [0, 0.05) is 14.3 Å². The van der Waals surface area contributed by atoms with Gasteiger partial charge in [0.2, 0.25) is 0 Å². The Kier molecular flexibility index (Phi) is 8.96. The van der Waals surface area contributed by atoms with Crippen LogP contribution in [0.1, 0.15) is 34.6 Å². The molecular weight excluding hydrogens is 887 g/mol. The molecule has 0 saturated carbocycles. The molecule has 12 heteroatoms. The Morgan fingerprint density at radius 2 is 1.48 bits per heavy atom. The van der Waals surface area contributed by atoms with E-state index in [0.717, 1.165) is 12.0 Å². The van der Waals surface area contributed by atoms with Crippen molar-refractivity contribution in [1.82, 2.24) is 4.90 Å². The van der Waals surface area contributed by atoms with Crippen LogP contribution in [0.3, 0.4) is 0 Å². The molecule has 3 rings (SSSR count). The molecule has 7 nitrogen and oxygen atoms in total. The summed E-state index contributed by atoms with van der Waals surface area (Å²) >= 11 is 8.31. The summed E-state index contributed by atoms with van der Waals surface area (Å²) in [7, 11) is 0. The third-order valence-corrected chi connectivity index (χ3v) is 12.2. The Hall–Kier alpha value is -0.630. The van der Waals surface area contributed by atoms with E-state index >= 15 is 0 Å². The van der Waals surface area contributed by atoms with Crippen molar-refractivity contribution in [2.45, 2.75) is 19.9 Å². The molecule has 174 valence electrons. The number of para-hydroxylation sites is 1. The number of benzene rings is 2. The van der Waals surface area contributed by atoms with Crippen molar-refractivity contribution in [3.8, 4) is 0 Å². The van der Waals surface area contributed by atoms with E-state index in [1.54, 1.807) is 19.9 Å². The van der Waals surface area contributed by atoms with E-state index in [-0.39, 0.29) is 16.8 Å². The number of esters is 1. The van der Waals surface area contributed by atoms with Crippen molar-refractivity contribution in [3.63, 3.8) is 0 Å². The maximum absolute atomic E-state index is 13.7. The van der Waals surface area contributed by atoms with Crippen molar-refractivity contribution in [2.75, 3.05) is 11.9 Å². The van der Waals surface area contributed by atoms with Crippen LogP contribution < -0.4 is 5.32 Å². The standard InChI is InChI=1S/C21H15FI4N2O5/c1-8(2)18(21(32)33-7-11(29)27-10-6-4-3-5-9(10)22)28-19(30)12-13(20(28)31)15(24)17(26)16(25)14(12)23/h3-6,8,18H,7H2,1-2H3,(H,27,29)/t18-/m0/s1. The van der Waals surface area contributed by atoms with Gasteiger partial charge in [-0.2, -0.15) is 0 Å². The molecule has 1 aliphatic rings. The number of hydrogen-bond donors (Lipinski definition) is 1. The fourth-order valence-corrected chi connectivity index (χ4v) is 6.92. The number of ether oxygens (including phenoxy) is 1. The molecule has 0 radical (unpaired) electrons. The van der Waals surface area contributed by atoms with E-state index in [1.807, 2.05) is 45.2 Å². The number of rotatable bonds is 6. The number of nitrogens with zero attached hydrogens (tertiary/aromatic N) is 1. The van der Waals surface area contributed by atoms with Gasteiger partial charge in [0.15, 0.2) is 6.61 Å². The minimum absolute atomic E-state index is 0.0485. The molecule has 0 aliphatic carbocycles. The summed E-state index contributed by atoms with van der Waals surface area (Å²) in [6.07, 6.45) is 0. The molecule has 1 atom stereocenters. The first-order valence-electron chi connectivity index (χ1n) is 9.42. The molecule has 1 N–H and O–H groups in total. The first kappa shape index (κ1) is 27.0. The molecule has 0 bridgehead atoms. The highest BCUT2D eigenvalue weighted by atomic mass is 127. The smallest absolute Gasteiger partial charge is 0.330 e. The molecule has 1 heterocycles. The van der Waals surface area contributed by atoms with E-state index in [4.69, 9.17) is 4.74 Å². The van der Waals surface area contributed by atoms with E-state index in [9.17, 15) is 23.6 Å². The van der Waals surface area contributed by atoms with Gasteiger partial charge >= 0.3 is 5.97 Å². The molecule has 3 amide bonds. The number of carbonyl (C=O) groups is 4. The fourth-order valence-electron chi connectivity index (χ4n) is 3.27. The molecule has 0 aromatic heterocycles. The highest BCUT2D eigenvalue weighted by molar-refractivity contribution is 14.1. The van der Waals surface area contributed by atoms with E-state index < -0.39 is 48.1 Å². The Balaban J connectivity index is 1.82. The van der Waals surface area contributed by atoms with Crippen LogP contribution in [0.2, 0.25) is 0 Å². The minimum Gasteiger partial charge on any atom is -0.454 e. The van der Waals surface area contributed by atoms with Crippen LogP contribution in [-0.2, 0) is 14.3 Å². The second-order valence-electron chi connectivity index (χ2n) is 7.31. The average molecular weight is 902 g/mol. The highest BCUT2D eigenvalue weighted by Crippen LogP contribution is 2.39. The van der Waals surface area contributed by atoms with E-state index in [1.165, 1.54) is 18.2 Å². The molecule has 33 heavy (non-hydrogen) atoms. The summed E-state index contributed by atoms with van der Waals surface area (Å²) in [6.45, 7) is 2.67. The van der Waals surface area contributed by atoms with Crippen LogP contribution in [0.4, 0.5) is 10.1 Å². The van der Waals surface area contributed by atoms with Crippen molar-refractivity contribution in [3.05, 3.63) is 55.5 Å². The monoisotopic (exact) mass is 902 g/mol. The highest BCUT2D eigenvalue weighted by Gasteiger charge is 2.47. The van der Waals surface area contributed by atoms with Crippen molar-refractivity contribution in [2.24, 2.45) is 5.92 Å². The number of imide groups is 1. The second kappa shape index (κ2) is 11.0. The van der Waals surface area contributed by atoms with Gasteiger partial charge in [0.05, 0.1) is 16.8 Å². The van der Waals surface area contributed by atoms with Gasteiger partial charge in [-0.15, -0.1) is 0 Å². The minimum atomic E-state index is -1.22. The Labute approximate surface area is 243 Å². The summed E-state index contributed by atoms with van der Waals surface area (Å²) in [5.41, 5.74) is 0.490. The Bertz CT molecular complexity index is 1140. The Morgan fingerprint density at radius 1 is 0.970 bits per heavy atom. The number of nitrogens with one attached hydrogen (secondary N) is 1. The van der Waals surface area contributed by atoms with Gasteiger partial charge in [0.1, 0.15) is 11.9 Å². The lowest BCUT2D eigenvalue weighted by molar-refractivity contribution is -0.152. The van der Waals surface area contributed by atoms with Gasteiger partial charge in [-0.3, -0.25) is 19.3 Å². The van der Waals surface area contributed by atoms with Crippen LogP contribution in [0.5, 0.6) is 0 Å². The van der Waals surface area contributed by atoms with Gasteiger partial charge in [-0.25, -0.2) is 9.18 Å². The lowest BCUT2D eigenvalue weighted by Crippen LogP contribution is -2.49. The van der Waals surface area contributed by atoms with Crippen LogP contribution >= 0.6 is 90.4 Å². The lowest BCUT2D eigenvalue weighted by Gasteiger charge is -2.27. The molecule has 0 saturated heterocycles. The number of amides is 3. The topological polar surface area (TPSA) is 92.8 Å². The quantitative estimate of drug-likeness (QED) is 0.144. The number of halogens is 5. The summed E-state index contributed by atoms with van der Waals surface area (Å²) in [5, 5.41) is 2.32. The summed E-state index contributed by atoms with van der Waals surface area (Å²) < 4.78 is 21.9. The molecule has 2 aromatic carbocycles. The second-order valence-corrected chi connectivity index (χ2v) is 11.6. The number of carbonyl (C=O) groups excluding carboxylic acids is 4. The van der Waals surface area contributed by atoms with Crippen LogP contribution in [0, 0.1) is 26.0 Å². The molecule has 0 fully saturated rings. The van der Waals surface area contributed by atoms with Gasteiger partial charge in [-0.1, -0.05) is 26.0 Å². The molecular formula is C21H15FI4N2O5. The van der Waals surface area contributed by atoms with Gasteiger partial charge in [-0.05, 0) is 108 Å². The normalized spacial score (nSPS) is 13.9. The summed E-state index contributed by atoms with van der Waals surface area (Å²) in [4.78, 5) is 52.5. The molecule has 2 aromatic rings. The van der Waals surface area contributed by atoms with Crippen molar-refractivity contribution < 1.29 is 28.3 Å². The van der Waals surface area contributed by atoms with Gasteiger partial charge in [0.25, 0.3) is 17.7 Å². The maximum Gasteiger partial charge on any atom is 0.330 e. The molecule has 0 unspecified atom stereocenters. The SMILES string of the molecule is CC(C)[C@@H](C(=O)OCC(=O)Nc1ccccc1F)N1C(=O)c2c(I)c(I)c(I)c(I)c2C1=O. The average Bonchev–Trinajstić information content (AvgIpc) is 3.01. The zero-order valence-corrected chi connectivity index (χ0v) is 25.7. The zero-order valence-electron chi connectivity index (χ0n) is 17.0. The molecule has 1 aliphatic heterocycles. The van der Waals surface area contributed by atoms with E-state index in [0.29, 0.717) is 7.14 Å². The van der Waals surface area contributed by atoms with Crippen LogP contribution in [-0.4, -0.2) is 41.2 Å². The van der Waals surface area contributed by atoms with Crippen LogP contribution in [0.15, 0.2) is 24.3 Å². The molecule has 0 spiro atoms.